The van der Waals surface area contributed by atoms with Crippen LogP contribution in [-0.4, -0.2) is 13.1 Å². The molecule has 1 aliphatic heterocycles. The molecule has 1 aliphatic rings. The molecule has 1 saturated heterocycles. The average molecular weight is 588 g/mol. The third-order valence-electron chi connectivity index (χ3n) is 6.94. The van der Waals surface area contributed by atoms with Gasteiger partial charge in [-0.2, -0.15) is 13.2 Å². The van der Waals surface area contributed by atoms with Crippen molar-refractivity contribution in [1.82, 2.24) is 0 Å². The van der Waals surface area contributed by atoms with Gasteiger partial charge in [0.2, 0.25) is 0 Å². The molecule has 6 rings (SSSR count). The van der Waals surface area contributed by atoms with Crippen molar-refractivity contribution in [2.75, 3.05) is 39.7 Å². The minimum atomic E-state index is -4.36. The highest BCUT2D eigenvalue weighted by Gasteiger charge is 2.29. The highest BCUT2D eigenvalue weighted by Crippen LogP contribution is 2.37. The molecule has 0 bridgehead atoms. The topological polar surface area (TPSA) is 76.1 Å². The van der Waals surface area contributed by atoms with Crippen molar-refractivity contribution in [3.8, 4) is 0 Å². The van der Waals surface area contributed by atoms with Crippen molar-refractivity contribution >= 4 is 60.5 Å². The molecule has 42 heavy (non-hydrogen) atoms. The van der Waals surface area contributed by atoms with Gasteiger partial charge in [0, 0.05) is 23.9 Å². The largest absolute Gasteiger partial charge is 0.416 e. The fourth-order valence-electron chi connectivity index (χ4n) is 4.72. The van der Waals surface area contributed by atoms with Crippen LogP contribution >= 0.6 is 11.3 Å². The van der Waals surface area contributed by atoms with Gasteiger partial charge in [0.05, 0.1) is 39.0 Å². The summed E-state index contributed by atoms with van der Waals surface area (Å²) in [4.78, 5) is 2.40. The second-order valence-corrected chi connectivity index (χ2v) is 10.9. The van der Waals surface area contributed by atoms with Crippen LogP contribution in [0.15, 0.2) is 107 Å². The van der Waals surface area contributed by atoms with Crippen molar-refractivity contribution in [1.29, 1.82) is 0 Å². The van der Waals surface area contributed by atoms with Crippen LogP contribution in [0.4, 0.5) is 51.6 Å². The first-order valence-electron chi connectivity index (χ1n) is 13.5. The molecule has 5 aromatic rings. The highest BCUT2D eigenvalue weighted by molar-refractivity contribution is 7.19. The molecule has 0 unspecified atom stereocenters. The van der Waals surface area contributed by atoms with E-state index in [-0.39, 0.29) is 0 Å². The smallest absolute Gasteiger partial charge is 0.363 e. The Morgan fingerprint density at radius 3 is 1.86 bits per heavy atom. The normalized spacial score (nSPS) is 13.5. The van der Waals surface area contributed by atoms with Gasteiger partial charge < -0.3 is 26.6 Å². The van der Waals surface area contributed by atoms with Crippen LogP contribution in [0.25, 0.3) is 10.8 Å². The fraction of sp³-hybridized carbons (Fsp3) is 0.161. The molecular weight excluding hydrogens is 559 g/mol. The number of hydrazine groups is 2. The Kier molecular flexibility index (Phi) is 7.83. The summed E-state index contributed by atoms with van der Waals surface area (Å²) < 4.78 is 38.2. The standard InChI is InChI=1S/C31H28F3N7S/c32-31(33,34)21-7-9-22(10-8-21)35-36-23-11-13-24(14-12-23)37-38-27-15-16-28(26-6-2-1-5-25(26)27)39-40-29-17-18-30(42-29)41-19-3-4-20-41/h1-2,5-18,35-38H,3-4,19-20H2. The molecule has 1 fully saturated rings. The predicted octanol–water partition coefficient (Wildman–Crippen LogP) is 9.81. The zero-order valence-corrected chi connectivity index (χ0v) is 23.3. The van der Waals surface area contributed by atoms with E-state index in [2.05, 4.69) is 42.9 Å². The molecule has 7 nitrogen and oxygen atoms in total. The SMILES string of the molecule is FC(F)(F)c1ccc(NNc2ccc(NNc3ccc(N=Nc4ccc(N5CCCC5)s4)c4ccccc34)cc2)cc1. The van der Waals surface area contributed by atoms with Gasteiger partial charge in [-0.25, -0.2) is 0 Å². The van der Waals surface area contributed by atoms with E-state index in [0.717, 1.165) is 63.7 Å². The first kappa shape index (κ1) is 27.4. The molecule has 11 heteroatoms. The molecular formula is C31H28F3N7S. The molecule has 2 heterocycles. The van der Waals surface area contributed by atoms with Gasteiger partial charge in [0.15, 0.2) is 0 Å². The van der Waals surface area contributed by atoms with E-state index in [1.54, 1.807) is 11.3 Å². The molecule has 214 valence electrons. The lowest BCUT2D eigenvalue weighted by Crippen LogP contribution is -2.15. The van der Waals surface area contributed by atoms with Crippen LogP contribution in [-0.2, 0) is 6.18 Å². The number of rotatable bonds is 9. The van der Waals surface area contributed by atoms with Crippen LogP contribution in [0.3, 0.4) is 0 Å². The summed E-state index contributed by atoms with van der Waals surface area (Å²) in [7, 11) is 0. The molecule has 0 atom stereocenters. The van der Waals surface area contributed by atoms with Crippen molar-refractivity contribution in [2.24, 2.45) is 10.2 Å². The summed E-state index contributed by atoms with van der Waals surface area (Å²) >= 11 is 1.67. The molecule has 1 aromatic heterocycles. The maximum Gasteiger partial charge on any atom is 0.416 e. The molecule has 4 aromatic carbocycles. The van der Waals surface area contributed by atoms with Gasteiger partial charge in [-0.15, -0.1) is 10.2 Å². The zero-order valence-electron chi connectivity index (χ0n) is 22.4. The van der Waals surface area contributed by atoms with Crippen LogP contribution in [0, 0.1) is 0 Å². The Morgan fingerprint density at radius 2 is 1.21 bits per heavy atom. The minimum Gasteiger partial charge on any atom is -0.363 e. The first-order chi connectivity index (χ1) is 20.4. The Labute approximate surface area is 245 Å². The maximum atomic E-state index is 12.7. The molecule has 0 amide bonds. The van der Waals surface area contributed by atoms with E-state index in [1.165, 1.54) is 30.0 Å². The Hall–Kier alpha value is -4.77. The molecule has 0 radical (unpaired) electrons. The number of benzene rings is 4. The van der Waals surface area contributed by atoms with Crippen LogP contribution in [0.5, 0.6) is 0 Å². The van der Waals surface area contributed by atoms with Gasteiger partial charge >= 0.3 is 6.18 Å². The highest BCUT2D eigenvalue weighted by atomic mass is 32.1. The van der Waals surface area contributed by atoms with Gasteiger partial charge in [-0.1, -0.05) is 35.6 Å². The lowest BCUT2D eigenvalue weighted by molar-refractivity contribution is -0.137. The number of hydrogen-bond acceptors (Lipinski definition) is 8. The van der Waals surface area contributed by atoms with Crippen molar-refractivity contribution in [3.63, 3.8) is 0 Å². The zero-order chi connectivity index (χ0) is 28.9. The monoisotopic (exact) mass is 587 g/mol. The quantitative estimate of drug-likeness (QED) is 0.102. The van der Waals surface area contributed by atoms with Crippen LogP contribution in [0.1, 0.15) is 18.4 Å². The van der Waals surface area contributed by atoms with Crippen LogP contribution in [0.2, 0.25) is 0 Å². The summed E-state index contributed by atoms with van der Waals surface area (Å²) in [6, 6.07) is 28.4. The van der Waals surface area contributed by atoms with E-state index in [9.17, 15) is 13.2 Å². The first-order valence-corrected chi connectivity index (χ1v) is 14.3. The second-order valence-electron chi connectivity index (χ2n) is 9.84. The van der Waals surface area contributed by atoms with E-state index in [0.29, 0.717) is 5.69 Å². The Morgan fingerprint density at radius 1 is 0.619 bits per heavy atom. The Bertz CT molecular complexity index is 1680. The summed E-state index contributed by atoms with van der Waals surface area (Å²) in [5.41, 5.74) is 15.5. The van der Waals surface area contributed by atoms with E-state index >= 15 is 0 Å². The second kappa shape index (κ2) is 12.0. The summed E-state index contributed by atoms with van der Waals surface area (Å²) in [5, 5.41) is 13.2. The van der Waals surface area contributed by atoms with Crippen molar-refractivity contribution < 1.29 is 13.2 Å². The number of fused-ring (bicyclic) bond motifs is 1. The number of anilines is 5. The third-order valence-corrected chi connectivity index (χ3v) is 7.97. The lowest BCUT2D eigenvalue weighted by Gasteiger charge is -2.14. The summed E-state index contributed by atoms with van der Waals surface area (Å²) in [5.74, 6) is 0. The van der Waals surface area contributed by atoms with Crippen molar-refractivity contribution in [2.45, 2.75) is 19.0 Å². The van der Waals surface area contributed by atoms with Crippen LogP contribution < -0.4 is 26.6 Å². The summed E-state index contributed by atoms with van der Waals surface area (Å²) in [6.45, 7) is 2.21. The number of hydrogen-bond donors (Lipinski definition) is 4. The predicted molar refractivity (Wildman–Crippen MR) is 166 cm³/mol. The van der Waals surface area contributed by atoms with E-state index in [1.807, 2.05) is 66.7 Å². The molecule has 4 N–H and O–H groups in total. The third kappa shape index (κ3) is 6.41. The number of halogens is 3. The number of alkyl halides is 3. The lowest BCUT2D eigenvalue weighted by atomic mass is 10.1. The fourth-order valence-corrected chi connectivity index (χ4v) is 5.60. The minimum absolute atomic E-state index is 0.518. The molecule has 0 aliphatic carbocycles. The molecule has 0 saturated carbocycles. The van der Waals surface area contributed by atoms with Gasteiger partial charge in [0.1, 0.15) is 5.00 Å². The van der Waals surface area contributed by atoms with E-state index < -0.39 is 11.7 Å². The molecule has 0 spiro atoms. The van der Waals surface area contributed by atoms with Gasteiger partial charge in [-0.3, -0.25) is 0 Å². The Balaban J connectivity index is 1.08. The van der Waals surface area contributed by atoms with Gasteiger partial charge in [0.25, 0.3) is 0 Å². The maximum absolute atomic E-state index is 12.7. The summed E-state index contributed by atoms with van der Waals surface area (Å²) in [6.07, 6.45) is -1.88. The van der Waals surface area contributed by atoms with Gasteiger partial charge in [-0.05, 0) is 85.6 Å². The number of nitrogens with one attached hydrogen (secondary N) is 4. The van der Waals surface area contributed by atoms with E-state index in [4.69, 9.17) is 0 Å². The average Bonchev–Trinajstić information content (AvgIpc) is 3.71. The number of thiophene rings is 1. The number of azo groups is 1. The number of nitrogens with zero attached hydrogens (tertiary/aromatic N) is 3. The van der Waals surface area contributed by atoms with Crippen molar-refractivity contribution in [3.05, 3.63) is 103 Å².